The fourth-order valence-electron chi connectivity index (χ4n) is 1.82. The van der Waals surface area contributed by atoms with Crippen molar-refractivity contribution >= 4 is 34.8 Å². The lowest BCUT2D eigenvalue weighted by Gasteiger charge is -2.16. The minimum Gasteiger partial charge on any atom is -0.481 e. The standard InChI is InChI=1S/C14H13ClN2O3S/c1-8-5-10(15)9(7-16-8)14(20)17-11(6-13(18)19)12-3-2-4-21-12/h2-5,7,11H,6H2,1H3,(H,17,20)(H,18,19). The molecule has 7 heteroatoms. The third-order valence-electron chi connectivity index (χ3n) is 2.81. The van der Waals surface area contributed by atoms with Gasteiger partial charge in [-0.2, -0.15) is 0 Å². The van der Waals surface area contributed by atoms with Crippen molar-refractivity contribution in [1.82, 2.24) is 10.3 Å². The average molecular weight is 325 g/mol. The molecule has 2 aromatic rings. The van der Waals surface area contributed by atoms with Gasteiger partial charge in [0.1, 0.15) is 0 Å². The molecule has 2 heterocycles. The Kier molecular flexibility index (Phi) is 4.93. The van der Waals surface area contributed by atoms with E-state index < -0.39 is 17.9 Å². The number of amides is 1. The van der Waals surface area contributed by atoms with Crippen molar-refractivity contribution in [2.75, 3.05) is 0 Å². The summed E-state index contributed by atoms with van der Waals surface area (Å²) in [6.45, 7) is 1.77. The second-order valence-corrected chi connectivity index (χ2v) is 5.83. The number of nitrogens with zero attached hydrogens (tertiary/aromatic N) is 1. The summed E-state index contributed by atoms with van der Waals surface area (Å²) in [7, 11) is 0. The molecular weight excluding hydrogens is 312 g/mol. The fourth-order valence-corrected chi connectivity index (χ4v) is 2.89. The Hall–Kier alpha value is -1.92. The van der Waals surface area contributed by atoms with E-state index in [4.69, 9.17) is 16.7 Å². The summed E-state index contributed by atoms with van der Waals surface area (Å²) in [6, 6.07) is 4.59. The Morgan fingerprint density at radius 2 is 2.29 bits per heavy atom. The van der Waals surface area contributed by atoms with Gasteiger partial charge in [0.05, 0.1) is 23.0 Å². The van der Waals surface area contributed by atoms with Crippen LogP contribution in [0.25, 0.3) is 0 Å². The molecular formula is C14H13ClN2O3S. The first-order chi connectivity index (χ1) is 9.97. The van der Waals surface area contributed by atoms with Crippen molar-refractivity contribution in [3.05, 3.63) is 50.9 Å². The molecule has 1 amide bonds. The maximum absolute atomic E-state index is 12.2. The molecule has 1 unspecified atom stereocenters. The molecule has 0 bridgehead atoms. The predicted octanol–water partition coefficient (Wildman–Crippen LogP) is 3.05. The van der Waals surface area contributed by atoms with Crippen molar-refractivity contribution in [1.29, 1.82) is 0 Å². The number of halogens is 1. The molecule has 2 aromatic heterocycles. The number of thiophene rings is 1. The largest absolute Gasteiger partial charge is 0.481 e. The van der Waals surface area contributed by atoms with Crippen LogP contribution in [0.3, 0.4) is 0 Å². The van der Waals surface area contributed by atoms with E-state index in [0.29, 0.717) is 10.7 Å². The average Bonchev–Trinajstić information content (AvgIpc) is 2.90. The van der Waals surface area contributed by atoms with Gasteiger partial charge >= 0.3 is 5.97 Å². The van der Waals surface area contributed by atoms with Crippen LogP contribution in [0.2, 0.25) is 5.02 Å². The second kappa shape index (κ2) is 6.69. The lowest BCUT2D eigenvalue weighted by atomic mass is 10.1. The number of hydrogen-bond donors (Lipinski definition) is 2. The number of hydrogen-bond acceptors (Lipinski definition) is 4. The van der Waals surface area contributed by atoms with Crippen LogP contribution in [0.4, 0.5) is 0 Å². The summed E-state index contributed by atoms with van der Waals surface area (Å²) in [5.74, 6) is -1.42. The molecule has 0 saturated heterocycles. The van der Waals surface area contributed by atoms with E-state index in [0.717, 1.165) is 4.88 Å². The Bertz CT molecular complexity index is 658. The predicted molar refractivity (Wildman–Crippen MR) is 80.8 cm³/mol. The van der Waals surface area contributed by atoms with Gasteiger partial charge in [-0.25, -0.2) is 0 Å². The molecule has 0 aliphatic heterocycles. The minimum atomic E-state index is -0.984. The molecule has 2 rings (SSSR count). The maximum Gasteiger partial charge on any atom is 0.305 e. The van der Waals surface area contributed by atoms with Crippen LogP contribution in [0.5, 0.6) is 0 Å². The smallest absolute Gasteiger partial charge is 0.305 e. The van der Waals surface area contributed by atoms with Crippen LogP contribution in [-0.2, 0) is 4.79 Å². The third kappa shape index (κ3) is 4.03. The summed E-state index contributed by atoms with van der Waals surface area (Å²) in [5, 5.41) is 13.8. The quantitative estimate of drug-likeness (QED) is 0.886. The molecule has 0 saturated carbocycles. The summed E-state index contributed by atoms with van der Waals surface area (Å²) < 4.78 is 0. The van der Waals surface area contributed by atoms with Crippen molar-refractivity contribution in [3.63, 3.8) is 0 Å². The van der Waals surface area contributed by atoms with Crippen LogP contribution in [0, 0.1) is 6.92 Å². The minimum absolute atomic E-state index is 0.191. The molecule has 21 heavy (non-hydrogen) atoms. The summed E-state index contributed by atoms with van der Waals surface area (Å²) in [5.41, 5.74) is 0.936. The highest BCUT2D eigenvalue weighted by Gasteiger charge is 2.21. The monoisotopic (exact) mass is 324 g/mol. The first-order valence-electron chi connectivity index (χ1n) is 6.15. The molecule has 1 atom stereocenters. The van der Waals surface area contributed by atoms with Gasteiger partial charge in [-0.1, -0.05) is 17.7 Å². The Balaban J connectivity index is 2.20. The molecule has 0 aromatic carbocycles. The topological polar surface area (TPSA) is 79.3 Å². The van der Waals surface area contributed by atoms with Gasteiger partial charge in [-0.3, -0.25) is 14.6 Å². The van der Waals surface area contributed by atoms with Gasteiger partial charge in [0.15, 0.2) is 0 Å². The molecule has 0 aliphatic rings. The van der Waals surface area contributed by atoms with E-state index in [1.807, 2.05) is 5.38 Å². The van der Waals surface area contributed by atoms with Crippen LogP contribution >= 0.6 is 22.9 Å². The van der Waals surface area contributed by atoms with Crippen molar-refractivity contribution in [2.45, 2.75) is 19.4 Å². The van der Waals surface area contributed by atoms with Crippen molar-refractivity contribution in [2.24, 2.45) is 0 Å². The highest BCUT2D eigenvalue weighted by Crippen LogP contribution is 2.23. The number of rotatable bonds is 5. The first-order valence-corrected chi connectivity index (χ1v) is 7.41. The zero-order valence-corrected chi connectivity index (χ0v) is 12.7. The van der Waals surface area contributed by atoms with Gasteiger partial charge in [0.25, 0.3) is 5.91 Å². The van der Waals surface area contributed by atoms with Gasteiger partial charge < -0.3 is 10.4 Å². The molecule has 5 nitrogen and oxygen atoms in total. The van der Waals surface area contributed by atoms with Crippen LogP contribution in [0.15, 0.2) is 29.8 Å². The fraction of sp³-hybridized carbons (Fsp3) is 0.214. The summed E-state index contributed by atoms with van der Waals surface area (Å²) >= 11 is 7.41. The number of aliphatic carboxylic acids is 1. The number of aryl methyl sites for hydroxylation is 1. The Morgan fingerprint density at radius 3 is 2.86 bits per heavy atom. The maximum atomic E-state index is 12.2. The SMILES string of the molecule is Cc1cc(Cl)c(C(=O)NC(CC(=O)O)c2cccs2)cn1. The molecule has 2 N–H and O–H groups in total. The van der Waals surface area contributed by atoms with E-state index in [1.165, 1.54) is 17.5 Å². The third-order valence-corrected chi connectivity index (χ3v) is 4.10. The van der Waals surface area contributed by atoms with Gasteiger partial charge in [0, 0.05) is 16.8 Å². The molecule has 0 spiro atoms. The number of carboxylic acid groups (broad SMARTS) is 1. The number of nitrogens with one attached hydrogen (secondary N) is 1. The number of aromatic nitrogens is 1. The van der Waals surface area contributed by atoms with E-state index in [1.54, 1.807) is 25.1 Å². The van der Waals surface area contributed by atoms with E-state index in [-0.39, 0.29) is 12.0 Å². The first kappa shape index (κ1) is 15.5. The van der Waals surface area contributed by atoms with Gasteiger partial charge in [-0.15, -0.1) is 11.3 Å². The Labute approximate surface area is 130 Å². The number of carbonyl (C=O) groups is 2. The van der Waals surface area contributed by atoms with Gasteiger partial charge in [0.2, 0.25) is 0 Å². The lowest BCUT2D eigenvalue weighted by molar-refractivity contribution is -0.137. The zero-order valence-electron chi connectivity index (χ0n) is 11.2. The zero-order chi connectivity index (χ0) is 15.4. The lowest BCUT2D eigenvalue weighted by Crippen LogP contribution is -2.30. The number of pyridine rings is 1. The van der Waals surface area contributed by atoms with E-state index in [2.05, 4.69) is 10.3 Å². The summed E-state index contributed by atoms with van der Waals surface area (Å²) in [4.78, 5) is 28.0. The summed E-state index contributed by atoms with van der Waals surface area (Å²) in [6.07, 6.45) is 1.20. The van der Waals surface area contributed by atoms with E-state index >= 15 is 0 Å². The number of carbonyl (C=O) groups excluding carboxylic acids is 1. The van der Waals surface area contributed by atoms with Crippen molar-refractivity contribution < 1.29 is 14.7 Å². The van der Waals surface area contributed by atoms with Crippen molar-refractivity contribution in [3.8, 4) is 0 Å². The molecule has 0 radical (unpaired) electrons. The van der Waals surface area contributed by atoms with Crippen LogP contribution in [-0.4, -0.2) is 22.0 Å². The normalized spacial score (nSPS) is 11.9. The molecule has 110 valence electrons. The number of carboxylic acids is 1. The molecule has 0 fully saturated rings. The van der Waals surface area contributed by atoms with E-state index in [9.17, 15) is 9.59 Å². The van der Waals surface area contributed by atoms with Crippen LogP contribution < -0.4 is 5.32 Å². The van der Waals surface area contributed by atoms with Crippen LogP contribution in [0.1, 0.15) is 33.4 Å². The molecule has 0 aliphatic carbocycles. The van der Waals surface area contributed by atoms with Gasteiger partial charge in [-0.05, 0) is 24.4 Å². The second-order valence-electron chi connectivity index (χ2n) is 4.44. The highest BCUT2D eigenvalue weighted by atomic mass is 35.5. The Morgan fingerprint density at radius 1 is 1.52 bits per heavy atom. The highest BCUT2D eigenvalue weighted by molar-refractivity contribution is 7.10.